The molecule has 150 valence electrons. The molecule has 0 spiro atoms. The molecule has 0 aliphatic heterocycles. The highest BCUT2D eigenvalue weighted by molar-refractivity contribution is 5.97. The van der Waals surface area contributed by atoms with Gasteiger partial charge in [-0.2, -0.15) is 0 Å². The van der Waals surface area contributed by atoms with Gasteiger partial charge in [0.1, 0.15) is 12.6 Å². The van der Waals surface area contributed by atoms with Crippen molar-refractivity contribution in [1.29, 1.82) is 0 Å². The lowest BCUT2D eigenvalue weighted by Crippen LogP contribution is -3.04. The molecule has 0 unspecified atom stereocenters. The number of nitrogens with one attached hydrogen (secondary N) is 3. The molecule has 5 nitrogen and oxygen atoms in total. The summed E-state index contributed by atoms with van der Waals surface area (Å²) in [5.41, 5.74) is 2.88. The molecule has 0 aliphatic rings. The summed E-state index contributed by atoms with van der Waals surface area (Å²) in [7, 11) is 4.21. The van der Waals surface area contributed by atoms with Gasteiger partial charge in [-0.1, -0.05) is 62.7 Å². The van der Waals surface area contributed by atoms with Crippen molar-refractivity contribution in [2.24, 2.45) is 5.92 Å². The zero-order valence-electron chi connectivity index (χ0n) is 17.3. The molecule has 0 aliphatic carbocycles. The van der Waals surface area contributed by atoms with Gasteiger partial charge in [0.05, 0.1) is 14.1 Å². The van der Waals surface area contributed by atoms with E-state index < -0.39 is 6.04 Å². The quantitative estimate of drug-likeness (QED) is 0.619. The Balaban J connectivity index is 2.07. The first kappa shape index (κ1) is 21.6. The van der Waals surface area contributed by atoms with Crippen LogP contribution in [-0.4, -0.2) is 32.0 Å². The molecule has 0 aromatic heterocycles. The molecule has 2 aromatic carbocycles. The number of hydrogen-bond acceptors (Lipinski definition) is 2. The summed E-state index contributed by atoms with van der Waals surface area (Å²) in [6.07, 6.45) is 0.799. The fourth-order valence-corrected chi connectivity index (χ4v) is 3.09. The number of amides is 2. The van der Waals surface area contributed by atoms with E-state index in [9.17, 15) is 9.59 Å². The summed E-state index contributed by atoms with van der Waals surface area (Å²) >= 11 is 0. The summed E-state index contributed by atoms with van der Waals surface area (Å²) in [6, 6.07) is 16.6. The molecule has 2 rings (SSSR count). The molecule has 0 saturated carbocycles. The van der Waals surface area contributed by atoms with Crippen LogP contribution in [0.25, 0.3) is 0 Å². The maximum atomic E-state index is 12.9. The fourth-order valence-electron chi connectivity index (χ4n) is 3.09. The first-order valence-corrected chi connectivity index (χ1v) is 9.91. The monoisotopic (exact) mass is 382 g/mol. The minimum absolute atomic E-state index is 0.0362. The third-order valence-electron chi connectivity index (χ3n) is 4.93. The van der Waals surface area contributed by atoms with Gasteiger partial charge in [0.25, 0.3) is 5.91 Å². The number of hydrogen-bond donors (Lipinski definition) is 3. The molecule has 2 atom stereocenters. The number of rotatable bonds is 9. The van der Waals surface area contributed by atoms with Crippen molar-refractivity contribution < 1.29 is 14.5 Å². The molecule has 0 heterocycles. The van der Waals surface area contributed by atoms with Crippen molar-refractivity contribution in [3.05, 3.63) is 71.3 Å². The van der Waals surface area contributed by atoms with Gasteiger partial charge < -0.3 is 15.5 Å². The van der Waals surface area contributed by atoms with Crippen LogP contribution in [0, 0.1) is 5.92 Å². The Kier molecular flexibility index (Phi) is 8.20. The lowest BCUT2D eigenvalue weighted by molar-refractivity contribution is -0.872. The molecule has 2 aromatic rings. The summed E-state index contributed by atoms with van der Waals surface area (Å²) in [6.45, 7) is 5.36. The second-order valence-corrected chi connectivity index (χ2v) is 7.57. The standard InChI is InChI=1S/C23H31N3O2/c1-5-17(2)21(25-22(27)18-11-7-6-8-12-18)23(28)24-15-19-13-9-10-14-20(19)16-26(3)4/h6-14,17,21H,5,15-16H2,1-4H3,(H,24,28)(H,25,27)/p+1/t17-,21-/m0/s1. The Hall–Kier alpha value is -2.66. The summed E-state index contributed by atoms with van der Waals surface area (Å²) in [4.78, 5) is 26.7. The topological polar surface area (TPSA) is 62.6 Å². The second-order valence-electron chi connectivity index (χ2n) is 7.57. The Labute approximate surface area is 168 Å². The highest BCUT2D eigenvalue weighted by Gasteiger charge is 2.26. The third kappa shape index (κ3) is 6.20. The van der Waals surface area contributed by atoms with Crippen LogP contribution in [0.2, 0.25) is 0 Å². The first-order chi connectivity index (χ1) is 13.4. The van der Waals surface area contributed by atoms with E-state index in [4.69, 9.17) is 0 Å². The Morgan fingerprint density at radius 2 is 1.57 bits per heavy atom. The fraction of sp³-hybridized carbons (Fsp3) is 0.391. The summed E-state index contributed by atoms with van der Waals surface area (Å²) < 4.78 is 0. The van der Waals surface area contributed by atoms with Crippen LogP contribution in [-0.2, 0) is 17.9 Å². The van der Waals surface area contributed by atoms with Gasteiger partial charge in [0.2, 0.25) is 5.91 Å². The van der Waals surface area contributed by atoms with E-state index in [2.05, 4.69) is 30.8 Å². The van der Waals surface area contributed by atoms with Crippen LogP contribution in [0.5, 0.6) is 0 Å². The van der Waals surface area contributed by atoms with Crippen LogP contribution >= 0.6 is 0 Å². The molecule has 0 fully saturated rings. The van der Waals surface area contributed by atoms with Crippen LogP contribution < -0.4 is 15.5 Å². The lowest BCUT2D eigenvalue weighted by Gasteiger charge is -2.24. The van der Waals surface area contributed by atoms with Gasteiger partial charge in [0, 0.05) is 17.7 Å². The average molecular weight is 383 g/mol. The van der Waals surface area contributed by atoms with Crippen molar-refractivity contribution >= 4 is 11.8 Å². The Morgan fingerprint density at radius 1 is 0.964 bits per heavy atom. The predicted molar refractivity (Wildman–Crippen MR) is 112 cm³/mol. The van der Waals surface area contributed by atoms with Crippen LogP contribution in [0.3, 0.4) is 0 Å². The van der Waals surface area contributed by atoms with Crippen molar-refractivity contribution in [1.82, 2.24) is 10.6 Å². The molecular weight excluding hydrogens is 350 g/mol. The molecular formula is C23H32N3O2+. The van der Waals surface area contributed by atoms with E-state index >= 15 is 0 Å². The third-order valence-corrected chi connectivity index (χ3v) is 4.93. The molecule has 0 bridgehead atoms. The summed E-state index contributed by atoms with van der Waals surface area (Å²) in [5.74, 6) is -0.336. The predicted octanol–water partition coefficient (Wildman–Crippen LogP) is 1.79. The van der Waals surface area contributed by atoms with Gasteiger partial charge in [-0.3, -0.25) is 9.59 Å². The van der Waals surface area contributed by atoms with E-state index in [1.807, 2.05) is 50.2 Å². The van der Waals surface area contributed by atoms with Gasteiger partial charge in [-0.25, -0.2) is 0 Å². The van der Waals surface area contributed by atoms with Gasteiger partial charge >= 0.3 is 0 Å². The lowest BCUT2D eigenvalue weighted by atomic mass is 9.97. The minimum atomic E-state index is -0.565. The van der Waals surface area contributed by atoms with Crippen molar-refractivity contribution in [3.63, 3.8) is 0 Å². The highest BCUT2D eigenvalue weighted by Crippen LogP contribution is 2.11. The van der Waals surface area contributed by atoms with E-state index in [0.29, 0.717) is 12.1 Å². The zero-order valence-corrected chi connectivity index (χ0v) is 17.3. The molecule has 5 heteroatoms. The number of benzene rings is 2. The molecule has 2 amide bonds. The molecule has 0 radical (unpaired) electrons. The SMILES string of the molecule is CC[C@H](C)[C@H](NC(=O)c1ccccc1)C(=O)NCc1ccccc1C[NH+](C)C. The van der Waals surface area contributed by atoms with Crippen molar-refractivity contribution in [2.45, 2.75) is 39.4 Å². The second kappa shape index (κ2) is 10.6. The van der Waals surface area contributed by atoms with E-state index in [1.165, 1.54) is 10.5 Å². The average Bonchev–Trinajstić information content (AvgIpc) is 2.70. The Bertz CT molecular complexity index is 774. The van der Waals surface area contributed by atoms with Crippen LogP contribution in [0.1, 0.15) is 41.8 Å². The highest BCUT2D eigenvalue weighted by atomic mass is 16.2. The maximum absolute atomic E-state index is 12.9. The van der Waals surface area contributed by atoms with Crippen LogP contribution in [0.4, 0.5) is 0 Å². The number of carbonyl (C=O) groups excluding carboxylic acids is 2. The maximum Gasteiger partial charge on any atom is 0.251 e. The zero-order chi connectivity index (χ0) is 20.5. The number of quaternary nitrogens is 1. The van der Waals surface area contributed by atoms with E-state index in [1.54, 1.807) is 12.1 Å². The van der Waals surface area contributed by atoms with Gasteiger partial charge in [-0.05, 0) is 23.6 Å². The minimum Gasteiger partial charge on any atom is -0.350 e. The normalized spacial score (nSPS) is 13.0. The van der Waals surface area contributed by atoms with Crippen LogP contribution in [0.15, 0.2) is 54.6 Å². The molecule has 28 heavy (non-hydrogen) atoms. The largest absolute Gasteiger partial charge is 0.350 e. The summed E-state index contributed by atoms with van der Waals surface area (Å²) in [5, 5.41) is 5.93. The van der Waals surface area contributed by atoms with Gasteiger partial charge in [-0.15, -0.1) is 0 Å². The van der Waals surface area contributed by atoms with Crippen molar-refractivity contribution in [3.8, 4) is 0 Å². The molecule has 0 saturated heterocycles. The van der Waals surface area contributed by atoms with Gasteiger partial charge in [0.15, 0.2) is 0 Å². The van der Waals surface area contributed by atoms with Crippen molar-refractivity contribution in [2.75, 3.05) is 14.1 Å². The van der Waals surface area contributed by atoms with E-state index in [0.717, 1.165) is 18.5 Å². The molecule has 3 N–H and O–H groups in total. The van der Waals surface area contributed by atoms with E-state index in [-0.39, 0.29) is 17.7 Å². The first-order valence-electron chi connectivity index (χ1n) is 9.91. The Morgan fingerprint density at radius 3 is 2.18 bits per heavy atom. The number of carbonyl (C=O) groups is 2. The smallest absolute Gasteiger partial charge is 0.251 e.